The van der Waals surface area contributed by atoms with Gasteiger partial charge in [0.15, 0.2) is 9.84 Å². The van der Waals surface area contributed by atoms with E-state index in [1.807, 2.05) is 24.3 Å². The topological polar surface area (TPSA) is 86.8 Å². The van der Waals surface area contributed by atoms with E-state index >= 15 is 0 Å². The molecule has 0 saturated carbocycles. The van der Waals surface area contributed by atoms with E-state index < -0.39 is 15.1 Å². The van der Waals surface area contributed by atoms with Crippen LogP contribution in [0.3, 0.4) is 0 Å². The van der Waals surface area contributed by atoms with Crippen molar-refractivity contribution >= 4 is 27.5 Å². The highest BCUT2D eigenvalue weighted by molar-refractivity contribution is 7.92. The van der Waals surface area contributed by atoms with E-state index in [4.69, 9.17) is 0 Å². The van der Waals surface area contributed by atoms with Crippen molar-refractivity contribution in [1.82, 2.24) is 9.80 Å². The highest BCUT2D eigenvalue weighted by Crippen LogP contribution is 2.37. The molecule has 27 heavy (non-hydrogen) atoms. The molecule has 2 fully saturated rings. The van der Waals surface area contributed by atoms with Crippen LogP contribution in [0.2, 0.25) is 0 Å². The molecular weight excluding hydrogens is 366 g/mol. The summed E-state index contributed by atoms with van der Waals surface area (Å²) in [4.78, 5) is 28.2. The number of likely N-dealkylation sites (tertiary alicyclic amines) is 1. The van der Waals surface area contributed by atoms with Gasteiger partial charge in [-0.1, -0.05) is 19.1 Å². The molecule has 2 aliphatic heterocycles. The van der Waals surface area contributed by atoms with Crippen LogP contribution in [0.4, 0.5) is 10.5 Å². The van der Waals surface area contributed by atoms with Gasteiger partial charge in [0.1, 0.15) is 0 Å². The lowest BCUT2D eigenvalue weighted by atomic mass is 9.87. The summed E-state index contributed by atoms with van der Waals surface area (Å²) in [6, 6.07) is 7.27. The van der Waals surface area contributed by atoms with E-state index in [1.54, 1.807) is 14.1 Å². The second-order valence-corrected chi connectivity index (χ2v) is 9.92. The summed E-state index contributed by atoms with van der Waals surface area (Å²) in [7, 11) is 0.0676. The van der Waals surface area contributed by atoms with E-state index in [-0.39, 0.29) is 42.6 Å². The van der Waals surface area contributed by atoms with Crippen molar-refractivity contribution in [2.24, 2.45) is 11.8 Å². The number of urea groups is 1. The Morgan fingerprint density at radius 3 is 2.44 bits per heavy atom. The molecule has 0 radical (unpaired) electrons. The van der Waals surface area contributed by atoms with Gasteiger partial charge in [-0.15, -0.1) is 0 Å². The summed E-state index contributed by atoms with van der Waals surface area (Å²) in [5.41, 5.74) is 1.85. The van der Waals surface area contributed by atoms with Gasteiger partial charge >= 0.3 is 6.03 Å². The van der Waals surface area contributed by atoms with Gasteiger partial charge in [-0.3, -0.25) is 4.79 Å². The molecule has 2 saturated heterocycles. The summed E-state index contributed by atoms with van der Waals surface area (Å²) >= 11 is 0. The molecule has 0 unspecified atom stereocenters. The van der Waals surface area contributed by atoms with E-state index in [1.165, 1.54) is 15.4 Å². The van der Waals surface area contributed by atoms with Crippen LogP contribution in [0.5, 0.6) is 0 Å². The molecule has 1 aromatic rings. The van der Waals surface area contributed by atoms with Crippen LogP contribution >= 0.6 is 0 Å². The standard InChI is InChI=1S/C19H27N3O4S/c1-4-13-5-7-14(8-6-13)20-19(24)22-11-16-15(18(23)21(2)3)9-10-27(25,26)17(16)12-22/h5-8,15-17H,4,9-12H2,1-3H3,(H,20,24)/t15-,16+,17+/m1/s1. The number of amides is 3. The molecule has 148 valence electrons. The maximum absolute atomic E-state index is 12.7. The van der Waals surface area contributed by atoms with Gasteiger partial charge in [-0.05, 0) is 30.5 Å². The van der Waals surface area contributed by atoms with Crippen molar-refractivity contribution in [3.8, 4) is 0 Å². The fraction of sp³-hybridized carbons (Fsp3) is 0.579. The van der Waals surface area contributed by atoms with Crippen LogP contribution in [0, 0.1) is 11.8 Å². The number of carbonyl (C=O) groups is 2. The van der Waals surface area contributed by atoms with Gasteiger partial charge in [0.2, 0.25) is 5.91 Å². The lowest BCUT2D eigenvalue weighted by Crippen LogP contribution is -2.46. The quantitative estimate of drug-likeness (QED) is 0.845. The third-order valence-electron chi connectivity index (χ3n) is 5.66. The number of rotatable bonds is 3. The molecule has 3 amide bonds. The Labute approximate surface area is 160 Å². The Balaban J connectivity index is 1.74. The van der Waals surface area contributed by atoms with Crippen molar-refractivity contribution < 1.29 is 18.0 Å². The highest BCUT2D eigenvalue weighted by Gasteiger charge is 2.51. The molecule has 0 spiro atoms. The number of benzene rings is 1. The van der Waals surface area contributed by atoms with Gasteiger partial charge < -0.3 is 15.1 Å². The van der Waals surface area contributed by atoms with E-state index in [9.17, 15) is 18.0 Å². The van der Waals surface area contributed by atoms with Gasteiger partial charge in [0.05, 0.1) is 11.0 Å². The highest BCUT2D eigenvalue weighted by atomic mass is 32.2. The number of nitrogens with one attached hydrogen (secondary N) is 1. The monoisotopic (exact) mass is 393 g/mol. The third kappa shape index (κ3) is 3.95. The molecule has 0 aliphatic carbocycles. The molecule has 0 aromatic heterocycles. The maximum Gasteiger partial charge on any atom is 0.321 e. The minimum absolute atomic E-state index is 0.00630. The van der Waals surface area contributed by atoms with Crippen LogP contribution < -0.4 is 5.32 Å². The fourth-order valence-electron chi connectivity index (χ4n) is 4.05. The third-order valence-corrected chi connectivity index (χ3v) is 7.89. The Kier molecular flexibility index (Phi) is 5.46. The minimum atomic E-state index is -3.29. The summed E-state index contributed by atoms with van der Waals surface area (Å²) in [6.07, 6.45) is 1.25. The van der Waals surface area contributed by atoms with Crippen molar-refractivity contribution in [2.75, 3.05) is 38.3 Å². The lowest BCUT2D eigenvalue weighted by molar-refractivity contribution is -0.134. The zero-order valence-corrected chi connectivity index (χ0v) is 16.8. The molecule has 3 rings (SSSR count). The first-order chi connectivity index (χ1) is 12.7. The van der Waals surface area contributed by atoms with Gasteiger partial charge in [-0.2, -0.15) is 0 Å². The first kappa shape index (κ1) is 19.7. The molecule has 2 aliphatic rings. The van der Waals surface area contributed by atoms with E-state index in [2.05, 4.69) is 12.2 Å². The molecular formula is C19H27N3O4S. The second-order valence-electron chi connectivity index (χ2n) is 7.58. The van der Waals surface area contributed by atoms with Crippen molar-refractivity contribution in [3.05, 3.63) is 29.8 Å². The smallest absolute Gasteiger partial charge is 0.321 e. The van der Waals surface area contributed by atoms with Crippen molar-refractivity contribution in [1.29, 1.82) is 0 Å². The van der Waals surface area contributed by atoms with E-state index in [0.29, 0.717) is 12.1 Å². The van der Waals surface area contributed by atoms with Gasteiger partial charge in [0, 0.05) is 44.7 Å². The first-order valence-corrected chi connectivity index (χ1v) is 11.0. The van der Waals surface area contributed by atoms with E-state index in [0.717, 1.165) is 6.42 Å². The summed E-state index contributed by atoms with van der Waals surface area (Å²) in [6.45, 7) is 2.49. The van der Waals surface area contributed by atoms with Gasteiger partial charge in [-0.25, -0.2) is 13.2 Å². The Bertz CT molecular complexity index is 820. The Morgan fingerprint density at radius 1 is 1.19 bits per heavy atom. The zero-order valence-electron chi connectivity index (χ0n) is 16.0. The molecule has 1 N–H and O–H groups in total. The molecule has 0 bridgehead atoms. The predicted octanol–water partition coefficient (Wildman–Crippen LogP) is 1.60. The lowest BCUT2D eigenvalue weighted by Gasteiger charge is -2.33. The fourth-order valence-corrected chi connectivity index (χ4v) is 6.15. The Morgan fingerprint density at radius 2 is 1.85 bits per heavy atom. The number of anilines is 1. The number of carbonyl (C=O) groups excluding carboxylic acids is 2. The largest absolute Gasteiger partial charge is 0.349 e. The summed E-state index contributed by atoms with van der Waals surface area (Å²) in [5.74, 6) is -0.744. The minimum Gasteiger partial charge on any atom is -0.349 e. The SMILES string of the molecule is CCc1ccc(NC(=O)N2C[C@H]3[C@H](C(=O)N(C)C)CCS(=O)(=O)[C@H]3C2)cc1. The van der Waals surface area contributed by atoms with Crippen LogP contribution in [0.25, 0.3) is 0 Å². The van der Waals surface area contributed by atoms with Crippen molar-refractivity contribution in [3.63, 3.8) is 0 Å². The molecule has 7 nitrogen and oxygen atoms in total. The average molecular weight is 394 g/mol. The first-order valence-electron chi connectivity index (χ1n) is 9.30. The Hall–Kier alpha value is -2.09. The average Bonchev–Trinajstić information content (AvgIpc) is 3.09. The summed E-state index contributed by atoms with van der Waals surface area (Å²) in [5, 5.41) is 2.18. The second kappa shape index (κ2) is 7.50. The molecule has 3 atom stereocenters. The maximum atomic E-state index is 12.7. The number of hydrogen-bond donors (Lipinski definition) is 1. The molecule has 8 heteroatoms. The number of fused-ring (bicyclic) bond motifs is 1. The number of sulfone groups is 1. The zero-order chi connectivity index (χ0) is 19.8. The molecule has 2 heterocycles. The van der Waals surface area contributed by atoms with Crippen molar-refractivity contribution in [2.45, 2.75) is 25.0 Å². The van der Waals surface area contributed by atoms with Crippen LogP contribution in [-0.4, -0.2) is 68.3 Å². The predicted molar refractivity (Wildman–Crippen MR) is 104 cm³/mol. The van der Waals surface area contributed by atoms with Crippen LogP contribution in [-0.2, 0) is 21.1 Å². The molecule has 1 aromatic carbocycles. The van der Waals surface area contributed by atoms with Gasteiger partial charge in [0.25, 0.3) is 0 Å². The normalized spacial score (nSPS) is 26.3. The number of aryl methyl sites for hydroxylation is 1. The number of nitrogens with zero attached hydrogens (tertiary/aromatic N) is 2. The van der Waals surface area contributed by atoms with Crippen LogP contribution in [0.15, 0.2) is 24.3 Å². The van der Waals surface area contributed by atoms with Crippen LogP contribution in [0.1, 0.15) is 18.9 Å². The summed E-state index contributed by atoms with van der Waals surface area (Å²) < 4.78 is 25.0. The number of hydrogen-bond acceptors (Lipinski definition) is 4.